The monoisotopic (exact) mass is 222 g/mol. The van der Waals surface area contributed by atoms with E-state index in [4.69, 9.17) is 0 Å². The van der Waals surface area contributed by atoms with Crippen LogP contribution >= 0.6 is 0 Å². The van der Waals surface area contributed by atoms with Crippen molar-refractivity contribution < 1.29 is 14.5 Å². The van der Waals surface area contributed by atoms with Gasteiger partial charge in [0.2, 0.25) is 5.78 Å². The molecule has 1 N–H and O–H groups in total. The van der Waals surface area contributed by atoms with Crippen LogP contribution in [-0.2, 0) is 16.0 Å². The highest BCUT2D eigenvalue weighted by atomic mass is 16.6. The number of ketones is 1. The van der Waals surface area contributed by atoms with E-state index in [9.17, 15) is 19.7 Å². The van der Waals surface area contributed by atoms with Crippen molar-refractivity contribution in [1.29, 1.82) is 0 Å². The Morgan fingerprint density at radius 1 is 1.38 bits per heavy atom. The van der Waals surface area contributed by atoms with Crippen LogP contribution in [0.15, 0.2) is 24.3 Å². The minimum Gasteiger partial charge on any atom is -0.353 e. The van der Waals surface area contributed by atoms with Crippen molar-refractivity contribution in [2.75, 3.05) is 7.05 Å². The number of rotatable bonds is 4. The van der Waals surface area contributed by atoms with Crippen molar-refractivity contribution in [1.82, 2.24) is 5.32 Å². The van der Waals surface area contributed by atoms with Gasteiger partial charge in [0, 0.05) is 25.1 Å². The Labute approximate surface area is 91.4 Å². The summed E-state index contributed by atoms with van der Waals surface area (Å²) in [6, 6.07) is 5.84. The van der Waals surface area contributed by atoms with Gasteiger partial charge < -0.3 is 5.32 Å². The van der Waals surface area contributed by atoms with Gasteiger partial charge in [0.25, 0.3) is 11.6 Å². The smallest absolute Gasteiger partial charge is 0.287 e. The highest BCUT2D eigenvalue weighted by Crippen LogP contribution is 2.18. The number of benzene rings is 1. The molecule has 6 heteroatoms. The molecule has 0 heterocycles. The second-order valence-corrected chi connectivity index (χ2v) is 3.06. The van der Waals surface area contributed by atoms with Crippen LogP contribution < -0.4 is 5.32 Å². The standard InChI is InChI=1S/C10H10N2O4/c1-11-10(14)9(13)6-7-4-2-3-5-8(7)12(15)16/h2-5H,6H2,1H3,(H,11,14). The average molecular weight is 222 g/mol. The minimum atomic E-state index is -0.752. The molecule has 0 aliphatic carbocycles. The summed E-state index contributed by atoms with van der Waals surface area (Å²) in [5, 5.41) is 12.8. The largest absolute Gasteiger partial charge is 0.353 e. The summed E-state index contributed by atoms with van der Waals surface area (Å²) in [5.74, 6) is -1.45. The van der Waals surface area contributed by atoms with Gasteiger partial charge in [-0.15, -0.1) is 0 Å². The van der Waals surface area contributed by atoms with Crippen molar-refractivity contribution in [3.05, 3.63) is 39.9 Å². The Morgan fingerprint density at radius 3 is 2.56 bits per heavy atom. The molecule has 6 nitrogen and oxygen atoms in total. The number of amides is 1. The van der Waals surface area contributed by atoms with Crippen molar-refractivity contribution in [3.8, 4) is 0 Å². The lowest BCUT2D eigenvalue weighted by Gasteiger charge is -2.01. The second kappa shape index (κ2) is 5.01. The first kappa shape index (κ1) is 11.8. The average Bonchev–Trinajstić information content (AvgIpc) is 2.28. The molecule has 0 saturated heterocycles. The zero-order valence-corrected chi connectivity index (χ0v) is 8.60. The third-order valence-corrected chi connectivity index (χ3v) is 2.02. The fraction of sp³-hybridized carbons (Fsp3) is 0.200. The van der Waals surface area contributed by atoms with Gasteiger partial charge in [0.15, 0.2) is 0 Å². The van der Waals surface area contributed by atoms with Crippen molar-refractivity contribution in [2.45, 2.75) is 6.42 Å². The number of nitrogens with zero attached hydrogens (tertiary/aromatic N) is 1. The summed E-state index contributed by atoms with van der Waals surface area (Å²) in [5.41, 5.74) is 0.0841. The van der Waals surface area contributed by atoms with E-state index in [1.807, 2.05) is 0 Å². The highest BCUT2D eigenvalue weighted by molar-refractivity contribution is 6.36. The number of para-hydroxylation sites is 1. The SMILES string of the molecule is CNC(=O)C(=O)Cc1ccccc1[N+](=O)[O-]. The first-order valence-electron chi connectivity index (χ1n) is 4.53. The van der Waals surface area contributed by atoms with E-state index in [2.05, 4.69) is 5.32 Å². The molecule has 1 rings (SSSR count). The molecule has 0 aromatic heterocycles. The normalized spacial score (nSPS) is 9.56. The third kappa shape index (κ3) is 2.63. The van der Waals surface area contributed by atoms with E-state index in [-0.39, 0.29) is 17.7 Å². The van der Waals surface area contributed by atoms with Crippen LogP contribution in [0.5, 0.6) is 0 Å². The first-order chi connectivity index (χ1) is 7.56. The molecule has 0 unspecified atom stereocenters. The molecule has 16 heavy (non-hydrogen) atoms. The predicted molar refractivity (Wildman–Crippen MR) is 55.9 cm³/mol. The Morgan fingerprint density at radius 2 is 2.00 bits per heavy atom. The lowest BCUT2D eigenvalue weighted by Crippen LogP contribution is -2.28. The maximum atomic E-state index is 11.3. The van der Waals surface area contributed by atoms with E-state index >= 15 is 0 Å². The van der Waals surface area contributed by atoms with Crippen LogP contribution in [0, 0.1) is 10.1 Å². The molecule has 1 aromatic rings. The molecule has 0 aliphatic heterocycles. The second-order valence-electron chi connectivity index (χ2n) is 3.06. The number of nitro groups is 1. The van der Waals surface area contributed by atoms with E-state index in [0.29, 0.717) is 0 Å². The number of Topliss-reactive ketones (excluding diaryl/α,β-unsaturated/α-hetero) is 1. The number of nitro benzene ring substituents is 1. The number of likely N-dealkylation sites (N-methyl/N-ethyl adjacent to an activating group) is 1. The number of carbonyl (C=O) groups excluding carboxylic acids is 2. The van der Waals surface area contributed by atoms with Crippen LogP contribution in [0.3, 0.4) is 0 Å². The molecule has 0 saturated carbocycles. The van der Waals surface area contributed by atoms with Gasteiger partial charge in [0.1, 0.15) is 0 Å². The number of hydrogen-bond donors (Lipinski definition) is 1. The molecule has 0 aliphatic rings. The van der Waals surface area contributed by atoms with Crippen LogP contribution in [0.25, 0.3) is 0 Å². The van der Waals surface area contributed by atoms with Gasteiger partial charge in [-0.1, -0.05) is 18.2 Å². The zero-order chi connectivity index (χ0) is 12.1. The van der Waals surface area contributed by atoms with E-state index in [1.165, 1.54) is 25.2 Å². The van der Waals surface area contributed by atoms with Gasteiger partial charge in [0.05, 0.1) is 4.92 Å². The fourth-order valence-electron chi connectivity index (χ4n) is 1.23. The van der Waals surface area contributed by atoms with E-state index in [1.54, 1.807) is 6.07 Å². The topological polar surface area (TPSA) is 89.3 Å². The third-order valence-electron chi connectivity index (χ3n) is 2.02. The van der Waals surface area contributed by atoms with E-state index < -0.39 is 16.6 Å². The summed E-state index contributed by atoms with van der Waals surface area (Å²) < 4.78 is 0. The lowest BCUT2D eigenvalue weighted by molar-refractivity contribution is -0.385. The van der Waals surface area contributed by atoms with Crippen molar-refractivity contribution in [2.24, 2.45) is 0 Å². The quantitative estimate of drug-likeness (QED) is 0.455. The van der Waals surface area contributed by atoms with Crippen LogP contribution in [-0.4, -0.2) is 23.7 Å². The van der Waals surface area contributed by atoms with Crippen molar-refractivity contribution in [3.63, 3.8) is 0 Å². The van der Waals surface area contributed by atoms with Crippen LogP contribution in [0.2, 0.25) is 0 Å². The molecular weight excluding hydrogens is 212 g/mol. The maximum Gasteiger partial charge on any atom is 0.287 e. The molecule has 0 radical (unpaired) electrons. The summed E-state index contributed by atoms with van der Waals surface area (Å²) >= 11 is 0. The molecule has 0 fully saturated rings. The molecule has 0 spiro atoms. The predicted octanol–water partition coefficient (Wildman–Crippen LogP) is 0.452. The first-order valence-corrected chi connectivity index (χ1v) is 4.53. The molecule has 0 bridgehead atoms. The number of carbonyl (C=O) groups is 2. The lowest BCUT2D eigenvalue weighted by atomic mass is 10.1. The summed E-state index contributed by atoms with van der Waals surface area (Å²) in [6.45, 7) is 0. The molecular formula is C10H10N2O4. The minimum absolute atomic E-state index is 0.153. The Kier molecular flexibility index (Phi) is 3.71. The number of nitrogens with one attached hydrogen (secondary N) is 1. The zero-order valence-electron chi connectivity index (χ0n) is 8.60. The molecule has 1 amide bonds. The van der Waals surface area contributed by atoms with E-state index in [0.717, 1.165) is 0 Å². The molecule has 1 aromatic carbocycles. The van der Waals surface area contributed by atoms with Gasteiger partial charge in [-0.3, -0.25) is 19.7 Å². The van der Waals surface area contributed by atoms with Gasteiger partial charge in [-0.05, 0) is 0 Å². The summed E-state index contributed by atoms with van der Waals surface area (Å²) in [6.07, 6.45) is -0.267. The van der Waals surface area contributed by atoms with Crippen molar-refractivity contribution >= 4 is 17.4 Å². The van der Waals surface area contributed by atoms with Gasteiger partial charge >= 0.3 is 0 Å². The summed E-state index contributed by atoms with van der Waals surface area (Å²) in [4.78, 5) is 32.3. The Hall–Kier alpha value is -2.24. The van der Waals surface area contributed by atoms with Gasteiger partial charge in [-0.2, -0.15) is 0 Å². The molecule has 84 valence electrons. The Balaban J connectivity index is 2.93. The maximum absolute atomic E-state index is 11.3. The highest BCUT2D eigenvalue weighted by Gasteiger charge is 2.18. The van der Waals surface area contributed by atoms with Crippen LogP contribution in [0.1, 0.15) is 5.56 Å². The number of hydrogen-bond acceptors (Lipinski definition) is 4. The molecule has 0 atom stereocenters. The Bertz CT molecular complexity index is 442. The summed E-state index contributed by atoms with van der Waals surface area (Å²) in [7, 11) is 1.33. The van der Waals surface area contributed by atoms with Crippen LogP contribution in [0.4, 0.5) is 5.69 Å². The van der Waals surface area contributed by atoms with Gasteiger partial charge in [-0.25, -0.2) is 0 Å². The fourth-order valence-corrected chi connectivity index (χ4v) is 1.23.